The second kappa shape index (κ2) is 5.50. The van der Waals surface area contributed by atoms with Gasteiger partial charge in [0.05, 0.1) is 0 Å². The topological polar surface area (TPSA) is 15.3 Å². The van der Waals surface area contributed by atoms with Crippen LogP contribution in [0.3, 0.4) is 0 Å². The quantitative estimate of drug-likeness (QED) is 0.905. The Morgan fingerprint density at radius 2 is 2.10 bits per heavy atom. The third-order valence-corrected chi connectivity index (χ3v) is 5.27. The van der Waals surface area contributed by atoms with Crippen LogP contribution in [0.1, 0.15) is 57.2 Å². The number of hydrogen-bond acceptors (Lipinski definition) is 2. The van der Waals surface area contributed by atoms with Crippen LogP contribution in [0.25, 0.3) is 0 Å². The number of hydrogen-bond donors (Lipinski definition) is 1. The van der Waals surface area contributed by atoms with Crippen LogP contribution in [-0.4, -0.2) is 29.6 Å². The molecule has 0 amide bonds. The van der Waals surface area contributed by atoms with Crippen molar-refractivity contribution in [1.29, 1.82) is 0 Å². The molecule has 1 fully saturated rings. The van der Waals surface area contributed by atoms with E-state index in [2.05, 4.69) is 55.3 Å². The number of likely N-dealkylation sites (N-methyl/N-ethyl adjacent to an activating group) is 1. The average Bonchev–Trinajstić information content (AvgIpc) is 2.79. The molecule has 0 bridgehead atoms. The summed E-state index contributed by atoms with van der Waals surface area (Å²) in [6.07, 6.45) is 5.21. The smallest absolute Gasteiger partial charge is 0.0481 e. The highest BCUT2D eigenvalue weighted by Gasteiger charge is 2.41. The summed E-state index contributed by atoms with van der Waals surface area (Å²) < 4.78 is 0. The molecule has 1 aromatic carbocycles. The Labute approximate surface area is 123 Å². The average molecular weight is 272 g/mol. The van der Waals surface area contributed by atoms with Gasteiger partial charge in [0, 0.05) is 17.6 Å². The zero-order valence-corrected chi connectivity index (χ0v) is 13.2. The lowest BCUT2D eigenvalue weighted by Crippen LogP contribution is -2.52. The fourth-order valence-electron chi connectivity index (χ4n) is 4.29. The van der Waals surface area contributed by atoms with Crippen molar-refractivity contribution in [3.63, 3.8) is 0 Å². The highest BCUT2D eigenvalue weighted by Crippen LogP contribution is 2.39. The van der Waals surface area contributed by atoms with Gasteiger partial charge >= 0.3 is 0 Å². The maximum atomic E-state index is 3.76. The minimum absolute atomic E-state index is 0.366. The Morgan fingerprint density at radius 1 is 1.30 bits per heavy atom. The summed E-state index contributed by atoms with van der Waals surface area (Å²) in [6.45, 7) is 9.38. The Morgan fingerprint density at radius 3 is 2.80 bits per heavy atom. The second-order valence-corrected chi connectivity index (χ2v) is 6.95. The first-order valence-electron chi connectivity index (χ1n) is 8.21. The molecule has 2 atom stereocenters. The third-order valence-electron chi connectivity index (χ3n) is 5.27. The van der Waals surface area contributed by atoms with Gasteiger partial charge in [0.2, 0.25) is 0 Å². The van der Waals surface area contributed by atoms with Crippen LogP contribution < -0.4 is 5.32 Å². The van der Waals surface area contributed by atoms with E-state index in [0.717, 1.165) is 6.54 Å². The van der Waals surface area contributed by atoms with Crippen LogP contribution in [0, 0.1) is 0 Å². The van der Waals surface area contributed by atoms with Crippen molar-refractivity contribution < 1.29 is 0 Å². The molecular weight excluding hydrogens is 244 g/mol. The first-order valence-corrected chi connectivity index (χ1v) is 8.21. The third kappa shape index (κ3) is 2.40. The van der Waals surface area contributed by atoms with Gasteiger partial charge in [-0.3, -0.25) is 4.90 Å². The van der Waals surface area contributed by atoms with Gasteiger partial charge in [0.25, 0.3) is 0 Å². The van der Waals surface area contributed by atoms with Crippen molar-refractivity contribution in [2.75, 3.05) is 13.1 Å². The molecular formula is C18H28N2. The zero-order chi connectivity index (χ0) is 14.2. The normalized spacial score (nSPS) is 29.4. The Balaban J connectivity index is 1.92. The minimum Gasteiger partial charge on any atom is -0.309 e. The van der Waals surface area contributed by atoms with Crippen LogP contribution in [0.15, 0.2) is 24.3 Å². The Bertz CT molecular complexity index is 466. The fourth-order valence-corrected chi connectivity index (χ4v) is 4.29. The van der Waals surface area contributed by atoms with Crippen molar-refractivity contribution in [3.05, 3.63) is 35.4 Å². The molecule has 2 nitrogen and oxygen atoms in total. The number of benzene rings is 1. The van der Waals surface area contributed by atoms with Crippen molar-refractivity contribution in [3.8, 4) is 0 Å². The maximum absolute atomic E-state index is 3.76. The van der Waals surface area contributed by atoms with Gasteiger partial charge in [-0.25, -0.2) is 0 Å². The highest BCUT2D eigenvalue weighted by molar-refractivity contribution is 5.34. The molecule has 1 saturated heterocycles. The van der Waals surface area contributed by atoms with Gasteiger partial charge in [-0.2, -0.15) is 0 Å². The summed E-state index contributed by atoms with van der Waals surface area (Å²) in [7, 11) is 0. The fraction of sp³-hybridized carbons (Fsp3) is 0.667. The molecule has 0 aromatic heterocycles. The van der Waals surface area contributed by atoms with Crippen molar-refractivity contribution >= 4 is 0 Å². The lowest BCUT2D eigenvalue weighted by molar-refractivity contribution is 0.0782. The molecule has 0 saturated carbocycles. The summed E-state index contributed by atoms with van der Waals surface area (Å²) in [5, 5.41) is 3.76. The Hall–Kier alpha value is -0.860. The van der Waals surface area contributed by atoms with Crippen molar-refractivity contribution in [2.24, 2.45) is 0 Å². The monoisotopic (exact) mass is 272 g/mol. The molecule has 2 aliphatic rings. The lowest BCUT2D eigenvalue weighted by atomic mass is 9.82. The second-order valence-electron chi connectivity index (χ2n) is 6.95. The number of nitrogens with zero attached hydrogens (tertiary/aromatic N) is 1. The van der Waals surface area contributed by atoms with Gasteiger partial charge in [-0.15, -0.1) is 0 Å². The highest BCUT2D eigenvalue weighted by atomic mass is 15.3. The number of likely N-dealkylation sites (tertiary alicyclic amines) is 1. The van der Waals surface area contributed by atoms with E-state index in [9.17, 15) is 0 Å². The van der Waals surface area contributed by atoms with E-state index < -0.39 is 0 Å². The lowest BCUT2D eigenvalue weighted by Gasteiger charge is -2.45. The number of aryl methyl sites for hydroxylation is 1. The predicted molar refractivity (Wildman–Crippen MR) is 85.0 cm³/mol. The summed E-state index contributed by atoms with van der Waals surface area (Å²) in [4.78, 5) is 2.77. The van der Waals surface area contributed by atoms with Crippen LogP contribution in [-0.2, 0) is 6.42 Å². The summed E-state index contributed by atoms with van der Waals surface area (Å²) in [5.74, 6) is 0. The molecule has 1 aliphatic heterocycles. The molecule has 0 spiro atoms. The van der Waals surface area contributed by atoms with Crippen LogP contribution >= 0.6 is 0 Å². The van der Waals surface area contributed by atoms with Gasteiger partial charge in [-0.1, -0.05) is 31.2 Å². The molecule has 2 heteroatoms. The van der Waals surface area contributed by atoms with E-state index in [1.807, 2.05) is 0 Å². The van der Waals surface area contributed by atoms with Crippen LogP contribution in [0.2, 0.25) is 0 Å². The summed E-state index contributed by atoms with van der Waals surface area (Å²) in [6, 6.07) is 10.2. The molecule has 1 N–H and O–H groups in total. The van der Waals surface area contributed by atoms with E-state index in [1.165, 1.54) is 37.8 Å². The van der Waals surface area contributed by atoms with Crippen molar-refractivity contribution in [1.82, 2.24) is 10.2 Å². The van der Waals surface area contributed by atoms with Gasteiger partial charge in [0.1, 0.15) is 0 Å². The summed E-state index contributed by atoms with van der Waals surface area (Å²) >= 11 is 0. The van der Waals surface area contributed by atoms with E-state index in [0.29, 0.717) is 17.6 Å². The first kappa shape index (κ1) is 14.1. The van der Waals surface area contributed by atoms with Crippen LogP contribution in [0.4, 0.5) is 0 Å². The molecule has 3 rings (SSSR count). The Kier molecular flexibility index (Phi) is 3.87. The number of nitrogens with one attached hydrogen (secondary N) is 1. The molecule has 110 valence electrons. The van der Waals surface area contributed by atoms with E-state index >= 15 is 0 Å². The van der Waals surface area contributed by atoms with Crippen molar-refractivity contribution in [2.45, 2.75) is 64.1 Å². The number of fused-ring (bicyclic) bond motifs is 1. The minimum atomic E-state index is 0.366. The number of rotatable bonds is 3. The molecule has 0 radical (unpaired) electrons. The maximum Gasteiger partial charge on any atom is 0.0481 e. The van der Waals surface area contributed by atoms with Gasteiger partial charge in [0.15, 0.2) is 0 Å². The van der Waals surface area contributed by atoms with E-state index in [4.69, 9.17) is 0 Å². The van der Waals surface area contributed by atoms with E-state index in [1.54, 1.807) is 5.56 Å². The van der Waals surface area contributed by atoms with Gasteiger partial charge in [-0.05, 0) is 63.7 Å². The van der Waals surface area contributed by atoms with Gasteiger partial charge < -0.3 is 5.32 Å². The molecule has 1 aromatic rings. The molecule has 20 heavy (non-hydrogen) atoms. The SMILES string of the molecule is CCNC1c2ccccc2CCC1N1CCCC1(C)C. The van der Waals surface area contributed by atoms with Crippen LogP contribution in [0.5, 0.6) is 0 Å². The standard InChI is InChI=1S/C18H28N2/c1-4-19-17-15-9-6-5-8-14(15)10-11-16(17)20-13-7-12-18(20,2)3/h5-6,8-9,16-17,19H,4,7,10-13H2,1-3H3. The zero-order valence-electron chi connectivity index (χ0n) is 13.2. The first-order chi connectivity index (χ1) is 9.63. The molecule has 1 heterocycles. The summed E-state index contributed by atoms with van der Waals surface area (Å²) in [5.41, 5.74) is 3.45. The molecule has 2 unspecified atom stereocenters. The largest absolute Gasteiger partial charge is 0.309 e. The molecule has 1 aliphatic carbocycles. The van der Waals surface area contributed by atoms with E-state index in [-0.39, 0.29) is 0 Å². The predicted octanol–water partition coefficient (Wildman–Crippen LogP) is 3.53.